The second kappa shape index (κ2) is 9.85. The Morgan fingerprint density at radius 2 is 1.94 bits per heavy atom. The summed E-state index contributed by atoms with van der Waals surface area (Å²) >= 11 is 1.32. The number of amides is 1. The summed E-state index contributed by atoms with van der Waals surface area (Å²) in [5, 5.41) is 2.30. The van der Waals surface area contributed by atoms with Crippen molar-refractivity contribution in [2.45, 2.75) is 52.7 Å². The summed E-state index contributed by atoms with van der Waals surface area (Å²) in [6.07, 6.45) is 1.71. The second-order valence-electron chi connectivity index (χ2n) is 8.73. The summed E-state index contributed by atoms with van der Waals surface area (Å²) in [6.45, 7) is 7.37. The number of para-hydroxylation sites is 1. The van der Waals surface area contributed by atoms with Crippen LogP contribution in [0.5, 0.6) is 11.5 Å². The van der Waals surface area contributed by atoms with Crippen LogP contribution in [-0.2, 0) is 33.8 Å². The van der Waals surface area contributed by atoms with Gasteiger partial charge in [0.05, 0.1) is 11.4 Å². The van der Waals surface area contributed by atoms with E-state index in [9.17, 15) is 9.59 Å². The minimum atomic E-state index is -0.511. The molecule has 0 aliphatic carbocycles. The zero-order valence-electron chi connectivity index (χ0n) is 19.8. The molecule has 1 amide bonds. The van der Waals surface area contributed by atoms with Crippen LogP contribution >= 0.6 is 11.3 Å². The van der Waals surface area contributed by atoms with E-state index in [2.05, 4.69) is 11.9 Å². The van der Waals surface area contributed by atoms with Crippen LogP contribution in [0.2, 0.25) is 0 Å². The van der Waals surface area contributed by atoms with Gasteiger partial charge in [-0.2, -0.15) is 0 Å². The summed E-state index contributed by atoms with van der Waals surface area (Å²) in [6, 6.07) is 13.5. The normalized spacial score (nSPS) is 13.6. The molecule has 1 aliphatic rings. The minimum absolute atomic E-state index is 0.00433. The van der Waals surface area contributed by atoms with Crippen molar-refractivity contribution in [1.82, 2.24) is 4.98 Å². The fourth-order valence-corrected chi connectivity index (χ4v) is 4.68. The van der Waals surface area contributed by atoms with Gasteiger partial charge in [0, 0.05) is 24.3 Å². The zero-order valence-corrected chi connectivity index (χ0v) is 20.6. The van der Waals surface area contributed by atoms with E-state index in [1.165, 1.54) is 23.8 Å². The maximum Gasteiger partial charge on any atom is 0.344 e. The van der Waals surface area contributed by atoms with Crippen molar-refractivity contribution >= 4 is 34.0 Å². The first-order valence-electron chi connectivity index (χ1n) is 11.2. The number of rotatable bonds is 8. The van der Waals surface area contributed by atoms with Crippen LogP contribution < -0.4 is 14.4 Å². The average molecular weight is 481 g/mol. The summed E-state index contributed by atoms with van der Waals surface area (Å²) in [5.74, 6) is 0.558. The van der Waals surface area contributed by atoms with Crippen molar-refractivity contribution in [3.63, 3.8) is 0 Å². The molecule has 0 saturated heterocycles. The summed E-state index contributed by atoms with van der Waals surface area (Å²) < 4.78 is 17.0. The molecule has 0 atom stereocenters. The van der Waals surface area contributed by atoms with Crippen LogP contribution in [0.15, 0.2) is 47.8 Å². The fourth-order valence-electron chi connectivity index (χ4n) is 3.81. The third-order valence-corrected chi connectivity index (χ3v) is 6.30. The van der Waals surface area contributed by atoms with Crippen LogP contribution in [0.4, 0.5) is 10.8 Å². The molecule has 0 radical (unpaired) electrons. The molecule has 8 heteroatoms. The lowest BCUT2D eigenvalue weighted by molar-refractivity contribution is -0.147. The lowest BCUT2D eigenvalue weighted by Crippen LogP contribution is -2.24. The van der Waals surface area contributed by atoms with Crippen LogP contribution in [0.25, 0.3) is 0 Å². The van der Waals surface area contributed by atoms with Gasteiger partial charge in [-0.05, 0) is 44.0 Å². The summed E-state index contributed by atoms with van der Waals surface area (Å²) in [4.78, 5) is 30.6. The van der Waals surface area contributed by atoms with E-state index in [0.29, 0.717) is 22.3 Å². The van der Waals surface area contributed by atoms with E-state index in [0.717, 1.165) is 24.1 Å². The monoisotopic (exact) mass is 480 g/mol. The Morgan fingerprint density at radius 3 is 2.65 bits per heavy atom. The highest BCUT2D eigenvalue weighted by Crippen LogP contribution is 2.41. The number of thiazole rings is 1. The van der Waals surface area contributed by atoms with E-state index in [-0.39, 0.29) is 24.7 Å². The Morgan fingerprint density at radius 1 is 1.18 bits per heavy atom. The lowest BCUT2D eigenvalue weighted by Gasteiger charge is -2.18. The van der Waals surface area contributed by atoms with Crippen molar-refractivity contribution in [3.05, 3.63) is 64.7 Å². The summed E-state index contributed by atoms with van der Waals surface area (Å²) in [5.41, 5.74) is 3.27. The molecule has 2 heterocycles. The SMILES string of the molecule is CCc1ccc(N(C(C)=O)c2nc(COC(=O)COc3cccc4c3OC(C)(C)C4)cs2)cc1. The lowest BCUT2D eigenvalue weighted by atomic mass is 10.0. The molecule has 1 aliphatic heterocycles. The van der Waals surface area contributed by atoms with Crippen molar-refractivity contribution < 1.29 is 23.8 Å². The Hall–Kier alpha value is -3.39. The smallest absolute Gasteiger partial charge is 0.344 e. The van der Waals surface area contributed by atoms with E-state index in [1.54, 1.807) is 16.3 Å². The summed E-state index contributed by atoms with van der Waals surface area (Å²) in [7, 11) is 0. The van der Waals surface area contributed by atoms with E-state index in [1.807, 2.05) is 50.2 Å². The molecule has 0 saturated carbocycles. The molecule has 178 valence electrons. The number of carbonyl (C=O) groups is 2. The number of ether oxygens (including phenoxy) is 3. The molecule has 0 bridgehead atoms. The zero-order chi connectivity index (χ0) is 24.3. The number of fused-ring (bicyclic) bond motifs is 1. The molecule has 34 heavy (non-hydrogen) atoms. The quantitative estimate of drug-likeness (QED) is 0.411. The number of aryl methyl sites for hydroxylation is 1. The van der Waals surface area contributed by atoms with Gasteiger partial charge in [-0.1, -0.05) is 31.2 Å². The van der Waals surface area contributed by atoms with Crippen LogP contribution in [0.3, 0.4) is 0 Å². The second-order valence-corrected chi connectivity index (χ2v) is 9.56. The number of carbonyl (C=O) groups excluding carboxylic acids is 2. The van der Waals surface area contributed by atoms with Crippen molar-refractivity contribution in [3.8, 4) is 11.5 Å². The molecule has 2 aromatic carbocycles. The predicted octanol–water partition coefficient (Wildman–Crippen LogP) is 5.23. The number of benzene rings is 2. The van der Waals surface area contributed by atoms with Gasteiger partial charge in [0.2, 0.25) is 5.91 Å². The molecule has 3 aromatic rings. The third kappa shape index (κ3) is 5.39. The number of nitrogens with zero attached hydrogens (tertiary/aromatic N) is 2. The van der Waals surface area contributed by atoms with E-state index < -0.39 is 5.97 Å². The number of aromatic nitrogens is 1. The van der Waals surface area contributed by atoms with Crippen molar-refractivity contribution in [1.29, 1.82) is 0 Å². The fraction of sp³-hybridized carbons (Fsp3) is 0.346. The number of anilines is 2. The highest BCUT2D eigenvalue weighted by atomic mass is 32.1. The van der Waals surface area contributed by atoms with Gasteiger partial charge in [-0.15, -0.1) is 11.3 Å². The number of hydrogen-bond donors (Lipinski definition) is 0. The Labute approximate surface area is 203 Å². The highest BCUT2D eigenvalue weighted by Gasteiger charge is 2.32. The molecule has 0 spiro atoms. The van der Waals surface area contributed by atoms with Gasteiger partial charge in [0.25, 0.3) is 0 Å². The molecule has 0 unspecified atom stereocenters. The van der Waals surface area contributed by atoms with Crippen molar-refractivity contribution in [2.75, 3.05) is 11.5 Å². The number of esters is 1. The molecule has 0 N–H and O–H groups in total. The molecular weight excluding hydrogens is 452 g/mol. The van der Waals surface area contributed by atoms with Crippen LogP contribution in [-0.4, -0.2) is 29.1 Å². The topological polar surface area (TPSA) is 78.0 Å². The largest absolute Gasteiger partial charge is 0.483 e. The maximum atomic E-state index is 12.3. The van der Waals surface area contributed by atoms with Gasteiger partial charge in [-0.25, -0.2) is 9.78 Å². The van der Waals surface area contributed by atoms with E-state index in [4.69, 9.17) is 14.2 Å². The van der Waals surface area contributed by atoms with Gasteiger partial charge in [-0.3, -0.25) is 9.69 Å². The molecule has 7 nitrogen and oxygen atoms in total. The Kier molecular flexibility index (Phi) is 6.88. The predicted molar refractivity (Wildman–Crippen MR) is 131 cm³/mol. The maximum absolute atomic E-state index is 12.3. The molecule has 4 rings (SSSR count). The standard InChI is InChI=1S/C26H28N2O5S/c1-5-18-9-11-21(12-10-18)28(17(2)29)25-27-20(16-34-25)14-32-23(30)15-31-22-8-6-7-19-13-26(3,4)33-24(19)22/h6-12,16H,5,13-15H2,1-4H3. The molecule has 1 aromatic heterocycles. The minimum Gasteiger partial charge on any atom is -0.483 e. The Balaban J connectivity index is 1.34. The van der Waals surface area contributed by atoms with Crippen molar-refractivity contribution in [2.24, 2.45) is 0 Å². The first-order chi connectivity index (χ1) is 16.3. The molecular formula is C26H28N2O5S. The first-order valence-corrected chi connectivity index (χ1v) is 12.1. The van der Waals surface area contributed by atoms with Gasteiger partial charge < -0.3 is 14.2 Å². The first kappa shape index (κ1) is 23.8. The number of hydrogen-bond acceptors (Lipinski definition) is 7. The third-order valence-electron chi connectivity index (χ3n) is 5.43. The molecule has 0 fully saturated rings. The van der Waals surface area contributed by atoms with Gasteiger partial charge in [0.1, 0.15) is 12.2 Å². The highest BCUT2D eigenvalue weighted by molar-refractivity contribution is 7.14. The van der Waals surface area contributed by atoms with Crippen LogP contribution in [0, 0.1) is 0 Å². The average Bonchev–Trinajstić information content (AvgIpc) is 3.39. The van der Waals surface area contributed by atoms with Gasteiger partial charge >= 0.3 is 5.97 Å². The van der Waals surface area contributed by atoms with E-state index >= 15 is 0 Å². The van der Waals surface area contributed by atoms with Crippen LogP contribution in [0.1, 0.15) is 44.5 Å². The van der Waals surface area contributed by atoms with Gasteiger partial charge in [0.15, 0.2) is 23.2 Å². The Bertz CT molecular complexity index is 1190.